The fourth-order valence-electron chi connectivity index (χ4n) is 3.10. The van der Waals surface area contributed by atoms with Gasteiger partial charge in [-0.3, -0.25) is 4.79 Å². The molecular formula is C16H29N3O7. The number of rotatable bonds is 10. The number of hydrogen-bond acceptors (Lipinski definition) is 7. The van der Waals surface area contributed by atoms with Crippen molar-refractivity contribution in [3.8, 4) is 0 Å². The number of methoxy groups -OCH3 is 2. The van der Waals surface area contributed by atoms with Gasteiger partial charge in [-0.2, -0.15) is 0 Å². The molecule has 5 atom stereocenters. The topological polar surface area (TPSA) is 127 Å². The van der Waals surface area contributed by atoms with Gasteiger partial charge in [0.05, 0.1) is 31.8 Å². The predicted molar refractivity (Wildman–Crippen MR) is 90.7 cm³/mol. The number of amides is 3. The number of hydrogen-bond donors (Lipinski definition) is 4. The number of aliphatic hydroxyl groups is 1. The molecule has 2 saturated heterocycles. The number of ether oxygens (including phenoxy) is 4. The van der Waals surface area contributed by atoms with Crippen LogP contribution in [0.2, 0.25) is 0 Å². The quantitative estimate of drug-likeness (QED) is 0.338. The lowest BCUT2D eigenvalue weighted by molar-refractivity contribution is -0.124. The van der Waals surface area contributed by atoms with Crippen molar-refractivity contribution in [2.45, 2.75) is 43.4 Å². The first-order chi connectivity index (χ1) is 12.5. The summed E-state index contributed by atoms with van der Waals surface area (Å²) in [5.41, 5.74) is 0. The van der Waals surface area contributed by atoms with Crippen molar-refractivity contribution in [3.05, 3.63) is 0 Å². The van der Waals surface area contributed by atoms with Crippen LogP contribution in [0.1, 0.15) is 12.8 Å². The second-order valence-electron chi connectivity index (χ2n) is 6.34. The summed E-state index contributed by atoms with van der Waals surface area (Å²) in [7, 11) is 3.12. The lowest BCUT2D eigenvalue weighted by atomic mass is 10.1. The highest BCUT2D eigenvalue weighted by atomic mass is 16.6. The van der Waals surface area contributed by atoms with Crippen LogP contribution < -0.4 is 16.0 Å². The Morgan fingerprint density at radius 1 is 1.08 bits per heavy atom. The molecule has 0 aromatic rings. The Morgan fingerprint density at radius 2 is 1.77 bits per heavy atom. The highest BCUT2D eigenvalue weighted by Gasteiger charge is 2.50. The van der Waals surface area contributed by atoms with Crippen molar-refractivity contribution in [1.29, 1.82) is 0 Å². The molecule has 0 bridgehead atoms. The van der Waals surface area contributed by atoms with Crippen LogP contribution in [0.15, 0.2) is 0 Å². The van der Waals surface area contributed by atoms with E-state index in [0.717, 1.165) is 0 Å². The second-order valence-corrected chi connectivity index (χ2v) is 6.34. The van der Waals surface area contributed by atoms with Gasteiger partial charge >= 0.3 is 6.03 Å². The highest BCUT2D eigenvalue weighted by Crippen LogP contribution is 2.35. The molecule has 0 aromatic heterocycles. The number of carbonyl (C=O) groups excluding carboxylic acids is 2. The molecule has 0 aliphatic carbocycles. The number of urea groups is 1. The number of carbonyl (C=O) groups is 2. The smallest absolute Gasteiger partial charge is 0.314 e. The van der Waals surface area contributed by atoms with E-state index in [9.17, 15) is 14.7 Å². The Hall–Kier alpha value is -1.46. The molecule has 0 saturated carbocycles. The van der Waals surface area contributed by atoms with Crippen molar-refractivity contribution in [2.75, 3.05) is 47.1 Å². The van der Waals surface area contributed by atoms with Crippen molar-refractivity contribution in [1.82, 2.24) is 16.0 Å². The maximum absolute atomic E-state index is 11.8. The Morgan fingerprint density at radius 3 is 2.42 bits per heavy atom. The van der Waals surface area contributed by atoms with Crippen LogP contribution in [-0.2, 0) is 23.7 Å². The summed E-state index contributed by atoms with van der Waals surface area (Å²) >= 11 is 0. The van der Waals surface area contributed by atoms with Crippen LogP contribution >= 0.6 is 0 Å². The molecule has 3 amide bonds. The summed E-state index contributed by atoms with van der Waals surface area (Å²) in [6.07, 6.45) is -1.66. The van der Waals surface area contributed by atoms with E-state index in [1.165, 1.54) is 0 Å². The molecule has 4 N–H and O–H groups in total. The van der Waals surface area contributed by atoms with Gasteiger partial charge < -0.3 is 40.0 Å². The third-order valence-corrected chi connectivity index (χ3v) is 4.38. The molecule has 2 aliphatic heterocycles. The Labute approximate surface area is 152 Å². The summed E-state index contributed by atoms with van der Waals surface area (Å²) in [6, 6.07) is -0.346. The van der Waals surface area contributed by atoms with Crippen molar-refractivity contribution >= 4 is 11.9 Å². The van der Waals surface area contributed by atoms with Crippen molar-refractivity contribution < 1.29 is 33.6 Å². The first-order valence-corrected chi connectivity index (χ1v) is 8.80. The summed E-state index contributed by atoms with van der Waals surface area (Å²) in [6.45, 7) is 1.91. The maximum atomic E-state index is 11.8. The van der Waals surface area contributed by atoms with Gasteiger partial charge in [0.2, 0.25) is 5.91 Å². The first kappa shape index (κ1) is 20.8. The molecule has 0 spiro atoms. The summed E-state index contributed by atoms with van der Waals surface area (Å²) < 4.78 is 21.3. The van der Waals surface area contributed by atoms with Gasteiger partial charge in [0, 0.05) is 40.3 Å². The van der Waals surface area contributed by atoms with E-state index in [0.29, 0.717) is 32.7 Å². The Balaban J connectivity index is 1.67. The minimum atomic E-state index is -0.846. The summed E-state index contributed by atoms with van der Waals surface area (Å²) in [5.74, 6) is -0.118. The van der Waals surface area contributed by atoms with E-state index in [4.69, 9.17) is 18.9 Å². The number of nitrogens with one attached hydrogen (secondary N) is 3. The zero-order valence-corrected chi connectivity index (χ0v) is 15.2. The molecule has 2 heterocycles. The highest BCUT2D eigenvalue weighted by molar-refractivity contribution is 5.76. The lowest BCUT2D eigenvalue weighted by Crippen LogP contribution is -2.44. The van der Waals surface area contributed by atoms with Gasteiger partial charge in [-0.05, 0) is 0 Å². The molecule has 2 aliphatic rings. The zero-order chi connectivity index (χ0) is 18.9. The largest absolute Gasteiger partial charge is 0.388 e. The van der Waals surface area contributed by atoms with E-state index in [2.05, 4.69) is 16.0 Å². The Bertz CT molecular complexity index is 463. The van der Waals surface area contributed by atoms with Gasteiger partial charge in [0.1, 0.15) is 18.3 Å². The van der Waals surface area contributed by atoms with Gasteiger partial charge in [0.15, 0.2) is 0 Å². The predicted octanol–water partition coefficient (Wildman–Crippen LogP) is -1.63. The second kappa shape index (κ2) is 10.6. The molecule has 10 heteroatoms. The third kappa shape index (κ3) is 6.06. The van der Waals surface area contributed by atoms with E-state index in [1.54, 1.807) is 14.2 Å². The van der Waals surface area contributed by atoms with E-state index >= 15 is 0 Å². The third-order valence-electron chi connectivity index (χ3n) is 4.38. The molecule has 5 unspecified atom stereocenters. The van der Waals surface area contributed by atoms with Crippen LogP contribution in [-0.4, -0.2) is 94.6 Å². The molecule has 0 radical (unpaired) electrons. The van der Waals surface area contributed by atoms with E-state index in [1.807, 2.05) is 0 Å². The van der Waals surface area contributed by atoms with Gasteiger partial charge in [-0.25, -0.2) is 4.79 Å². The number of aliphatic hydroxyl groups excluding tert-OH is 1. The average Bonchev–Trinajstić information content (AvgIpc) is 3.12. The van der Waals surface area contributed by atoms with Crippen molar-refractivity contribution in [2.24, 2.45) is 0 Å². The van der Waals surface area contributed by atoms with E-state index < -0.39 is 18.3 Å². The van der Waals surface area contributed by atoms with Crippen LogP contribution in [0.25, 0.3) is 0 Å². The molecule has 2 rings (SSSR count). The standard InChI is InChI=1S/C16H29N3O7/c1-23-5-3-17-13(20)8-10-7-11-15(25-10)14(21)12(26-11)9-19-16(22)18-4-6-24-2/h10-12,14-15,21H,3-9H2,1-2H3,(H,17,20)(H2,18,19,22). The Kier molecular flexibility index (Phi) is 8.52. The minimum absolute atomic E-state index is 0.118. The lowest BCUT2D eigenvalue weighted by Gasteiger charge is -2.20. The fraction of sp³-hybridized carbons (Fsp3) is 0.875. The summed E-state index contributed by atoms with van der Waals surface area (Å²) in [4.78, 5) is 23.4. The zero-order valence-electron chi connectivity index (χ0n) is 15.2. The normalized spacial score (nSPS) is 30.0. The van der Waals surface area contributed by atoms with Gasteiger partial charge in [-0.1, -0.05) is 0 Å². The van der Waals surface area contributed by atoms with Crippen LogP contribution in [0.4, 0.5) is 4.79 Å². The summed E-state index contributed by atoms with van der Waals surface area (Å²) in [5, 5.41) is 18.4. The molecule has 26 heavy (non-hydrogen) atoms. The first-order valence-electron chi connectivity index (χ1n) is 8.80. The van der Waals surface area contributed by atoms with Crippen LogP contribution in [0.3, 0.4) is 0 Å². The monoisotopic (exact) mass is 375 g/mol. The van der Waals surface area contributed by atoms with E-state index in [-0.39, 0.29) is 37.1 Å². The van der Waals surface area contributed by atoms with Gasteiger partial charge in [0.25, 0.3) is 0 Å². The molecule has 0 aromatic carbocycles. The maximum Gasteiger partial charge on any atom is 0.314 e. The number of fused-ring (bicyclic) bond motifs is 1. The van der Waals surface area contributed by atoms with Crippen LogP contribution in [0, 0.1) is 0 Å². The molecule has 2 fully saturated rings. The van der Waals surface area contributed by atoms with Crippen LogP contribution in [0.5, 0.6) is 0 Å². The SMILES string of the molecule is COCCNC(=O)CC1CC2OC(CNC(=O)NCCOC)C(O)C2O1. The fourth-order valence-corrected chi connectivity index (χ4v) is 3.10. The molecule has 10 nitrogen and oxygen atoms in total. The van der Waals surface area contributed by atoms with Crippen molar-refractivity contribution in [3.63, 3.8) is 0 Å². The molecule has 150 valence electrons. The van der Waals surface area contributed by atoms with Gasteiger partial charge in [-0.15, -0.1) is 0 Å². The minimum Gasteiger partial charge on any atom is -0.388 e. The molecular weight excluding hydrogens is 346 g/mol. The average molecular weight is 375 g/mol.